The molecule has 0 fully saturated rings. The summed E-state index contributed by atoms with van der Waals surface area (Å²) in [7, 11) is 2.52. The summed E-state index contributed by atoms with van der Waals surface area (Å²) in [5, 5.41) is 11.6. The molecule has 156 valence electrons. The molecule has 0 saturated carbocycles. The number of benzene rings is 2. The number of aromatic nitrogens is 3. The van der Waals surface area contributed by atoms with Gasteiger partial charge in [0.25, 0.3) is 0 Å². The standard InChI is InChI=1S/C20H17F3N4O3/c1-29-19(28)18(25-30-2)14-8-4-3-7-13(14)11-27-12-17(24-26-27)15-9-5-6-10-16(15)20(21,22)23/h3-10,12H,11H2,1-2H3/b25-18+. The predicted molar refractivity (Wildman–Crippen MR) is 102 cm³/mol. The number of hydrogen-bond acceptors (Lipinski definition) is 6. The van der Waals surface area contributed by atoms with E-state index in [2.05, 4.69) is 15.5 Å². The molecule has 0 spiro atoms. The maximum absolute atomic E-state index is 13.3. The number of alkyl halides is 3. The summed E-state index contributed by atoms with van der Waals surface area (Å²) in [5.41, 5.74) is 0.245. The lowest BCUT2D eigenvalue weighted by atomic mass is 10.0. The molecular weight excluding hydrogens is 401 g/mol. The number of carbonyl (C=O) groups is 1. The lowest BCUT2D eigenvalue weighted by molar-refractivity contribution is -0.137. The van der Waals surface area contributed by atoms with Gasteiger partial charge in [-0.15, -0.1) is 5.10 Å². The molecule has 0 radical (unpaired) electrons. The number of hydrogen-bond donors (Lipinski definition) is 0. The maximum Gasteiger partial charge on any atom is 0.417 e. The van der Waals surface area contributed by atoms with Gasteiger partial charge in [0, 0.05) is 11.1 Å². The molecule has 2 aromatic carbocycles. The summed E-state index contributed by atoms with van der Waals surface area (Å²) >= 11 is 0. The Morgan fingerprint density at radius 1 is 1.10 bits per heavy atom. The van der Waals surface area contributed by atoms with Crippen molar-refractivity contribution in [2.75, 3.05) is 14.2 Å². The second-order valence-electron chi connectivity index (χ2n) is 6.12. The molecular formula is C20H17F3N4O3. The highest BCUT2D eigenvalue weighted by Crippen LogP contribution is 2.36. The van der Waals surface area contributed by atoms with E-state index in [9.17, 15) is 18.0 Å². The zero-order valence-corrected chi connectivity index (χ0v) is 16.1. The Morgan fingerprint density at radius 2 is 1.80 bits per heavy atom. The molecule has 0 bridgehead atoms. The molecule has 10 heteroatoms. The summed E-state index contributed by atoms with van der Waals surface area (Å²) in [5.74, 6) is -0.692. The lowest BCUT2D eigenvalue weighted by Gasteiger charge is -2.11. The molecule has 0 aliphatic heterocycles. The van der Waals surface area contributed by atoms with Gasteiger partial charge in [-0.05, 0) is 11.6 Å². The fraction of sp³-hybridized carbons (Fsp3) is 0.200. The highest BCUT2D eigenvalue weighted by molar-refractivity contribution is 6.43. The van der Waals surface area contributed by atoms with Crippen LogP contribution < -0.4 is 0 Å². The monoisotopic (exact) mass is 418 g/mol. The first kappa shape index (κ1) is 21.0. The summed E-state index contributed by atoms with van der Waals surface area (Å²) in [4.78, 5) is 16.8. The Balaban J connectivity index is 1.96. The molecule has 0 aliphatic carbocycles. The van der Waals surface area contributed by atoms with Gasteiger partial charge in [0.2, 0.25) is 0 Å². The van der Waals surface area contributed by atoms with Crippen LogP contribution in [0, 0.1) is 0 Å². The first-order valence-corrected chi connectivity index (χ1v) is 8.69. The minimum atomic E-state index is -4.51. The summed E-state index contributed by atoms with van der Waals surface area (Å²) in [6, 6.07) is 12.0. The Labute approximate surface area is 169 Å². The molecule has 1 heterocycles. The predicted octanol–water partition coefficient (Wildman–Crippen LogP) is 3.54. The highest BCUT2D eigenvalue weighted by atomic mass is 19.4. The third-order valence-electron chi connectivity index (χ3n) is 4.21. The topological polar surface area (TPSA) is 78.6 Å². The number of ether oxygens (including phenoxy) is 1. The van der Waals surface area contributed by atoms with Crippen molar-refractivity contribution in [2.24, 2.45) is 5.16 Å². The summed E-state index contributed by atoms with van der Waals surface area (Å²) in [6.45, 7) is 0.136. The van der Waals surface area contributed by atoms with Crippen molar-refractivity contribution in [3.05, 3.63) is 71.4 Å². The van der Waals surface area contributed by atoms with Gasteiger partial charge in [0.05, 0.1) is 25.4 Å². The van der Waals surface area contributed by atoms with Crippen LogP contribution in [0.25, 0.3) is 11.3 Å². The summed E-state index contributed by atoms with van der Waals surface area (Å²) in [6.07, 6.45) is -3.11. The first-order chi connectivity index (χ1) is 14.3. The Hall–Kier alpha value is -3.69. The molecule has 7 nitrogen and oxygen atoms in total. The van der Waals surface area contributed by atoms with E-state index >= 15 is 0 Å². The van der Waals surface area contributed by atoms with E-state index in [0.29, 0.717) is 11.1 Å². The van der Waals surface area contributed by atoms with Crippen LogP contribution in [0.2, 0.25) is 0 Å². The van der Waals surface area contributed by atoms with E-state index in [0.717, 1.165) is 6.07 Å². The van der Waals surface area contributed by atoms with Crippen LogP contribution in [0.1, 0.15) is 16.7 Å². The Bertz CT molecular complexity index is 1080. The third-order valence-corrected chi connectivity index (χ3v) is 4.21. The first-order valence-electron chi connectivity index (χ1n) is 8.69. The van der Waals surface area contributed by atoms with Gasteiger partial charge in [-0.1, -0.05) is 52.8 Å². The van der Waals surface area contributed by atoms with Crippen LogP contribution in [-0.4, -0.2) is 40.9 Å². The van der Waals surface area contributed by atoms with Crippen molar-refractivity contribution in [1.82, 2.24) is 15.0 Å². The van der Waals surface area contributed by atoms with Crippen molar-refractivity contribution in [3.63, 3.8) is 0 Å². The average Bonchev–Trinajstić information content (AvgIpc) is 3.20. The highest BCUT2D eigenvalue weighted by Gasteiger charge is 2.34. The van der Waals surface area contributed by atoms with Crippen molar-refractivity contribution in [1.29, 1.82) is 0 Å². The molecule has 0 aliphatic rings. The molecule has 0 unspecified atom stereocenters. The average molecular weight is 418 g/mol. The number of methoxy groups -OCH3 is 1. The third kappa shape index (κ3) is 4.48. The number of esters is 1. The van der Waals surface area contributed by atoms with E-state index in [1.54, 1.807) is 24.3 Å². The van der Waals surface area contributed by atoms with Gasteiger partial charge >= 0.3 is 12.1 Å². The number of nitrogens with zero attached hydrogens (tertiary/aromatic N) is 4. The van der Waals surface area contributed by atoms with Gasteiger partial charge in [-0.25, -0.2) is 9.48 Å². The fourth-order valence-corrected chi connectivity index (χ4v) is 2.90. The zero-order valence-electron chi connectivity index (χ0n) is 16.1. The van der Waals surface area contributed by atoms with E-state index in [-0.39, 0.29) is 23.5 Å². The largest absolute Gasteiger partial charge is 0.464 e. The fourth-order valence-electron chi connectivity index (χ4n) is 2.90. The normalized spacial score (nSPS) is 12.0. The quantitative estimate of drug-likeness (QED) is 0.348. The molecule has 3 aromatic rings. The number of oxime groups is 1. The van der Waals surface area contributed by atoms with Crippen molar-refractivity contribution in [2.45, 2.75) is 12.7 Å². The van der Waals surface area contributed by atoms with Gasteiger partial charge in [-0.3, -0.25) is 0 Å². The van der Waals surface area contributed by atoms with Crippen LogP contribution in [0.3, 0.4) is 0 Å². The molecule has 3 rings (SSSR count). The van der Waals surface area contributed by atoms with E-state index in [1.165, 1.54) is 43.3 Å². The molecule has 0 atom stereocenters. The smallest absolute Gasteiger partial charge is 0.417 e. The minimum Gasteiger partial charge on any atom is -0.464 e. The minimum absolute atomic E-state index is 0.0432. The number of halogens is 3. The van der Waals surface area contributed by atoms with Crippen LogP contribution in [0.15, 0.2) is 59.9 Å². The molecule has 30 heavy (non-hydrogen) atoms. The maximum atomic E-state index is 13.3. The van der Waals surface area contributed by atoms with E-state index < -0.39 is 17.7 Å². The molecule has 0 N–H and O–H groups in total. The number of carbonyl (C=O) groups excluding carboxylic acids is 1. The Kier molecular flexibility index (Phi) is 6.14. The van der Waals surface area contributed by atoms with Crippen molar-refractivity contribution >= 4 is 11.7 Å². The second kappa shape index (κ2) is 8.76. The van der Waals surface area contributed by atoms with Gasteiger partial charge in [0.1, 0.15) is 12.8 Å². The van der Waals surface area contributed by atoms with Crippen LogP contribution in [0.4, 0.5) is 13.2 Å². The van der Waals surface area contributed by atoms with Crippen LogP contribution >= 0.6 is 0 Å². The molecule has 0 amide bonds. The SMILES string of the molecule is CO/N=C(/C(=O)OC)c1ccccc1Cn1cc(-c2ccccc2C(F)(F)F)nn1. The summed E-state index contributed by atoms with van der Waals surface area (Å²) < 4.78 is 46.0. The van der Waals surface area contributed by atoms with Crippen LogP contribution in [0.5, 0.6) is 0 Å². The molecule has 0 saturated heterocycles. The van der Waals surface area contributed by atoms with Crippen molar-refractivity contribution < 1.29 is 27.5 Å². The van der Waals surface area contributed by atoms with E-state index in [1.807, 2.05) is 0 Å². The Morgan fingerprint density at radius 3 is 2.50 bits per heavy atom. The van der Waals surface area contributed by atoms with E-state index in [4.69, 9.17) is 9.57 Å². The van der Waals surface area contributed by atoms with Gasteiger partial charge in [0.15, 0.2) is 5.71 Å². The second-order valence-corrected chi connectivity index (χ2v) is 6.12. The lowest BCUT2D eigenvalue weighted by Crippen LogP contribution is -2.20. The van der Waals surface area contributed by atoms with Crippen molar-refractivity contribution in [3.8, 4) is 11.3 Å². The molecule has 1 aromatic heterocycles. The van der Waals surface area contributed by atoms with Crippen LogP contribution in [-0.2, 0) is 27.1 Å². The zero-order chi connectivity index (χ0) is 21.7. The number of rotatable bonds is 6. The van der Waals surface area contributed by atoms with Gasteiger partial charge < -0.3 is 9.57 Å². The van der Waals surface area contributed by atoms with Gasteiger partial charge in [-0.2, -0.15) is 13.2 Å².